The molecule has 240 valence electrons. The number of thiophene rings is 2. The Morgan fingerprint density at radius 2 is 1.15 bits per heavy atom. The van der Waals surface area contributed by atoms with Gasteiger partial charge >= 0.3 is 23.7 Å². The molecule has 6 rings (SSSR count). The second-order valence-electron chi connectivity index (χ2n) is 11.0. The molecule has 0 unspecified atom stereocenters. The standard InChI is InChI=1S/C37H26F6O2S2/c1-22-28(19-30(46-22)26-11-7-4-8-12-26)33-34(36(40,41)37(42,43)35(33,38)39)29-20-31(47-23(29)2)27-16-13-25(14-17-27)21-45-32(44)18-15-24-9-5-3-6-10-24/h3-20H,21H2,1-2H3/b18-15+. The molecule has 0 aliphatic heterocycles. The first kappa shape index (κ1) is 32.5. The Balaban J connectivity index is 1.32. The molecule has 0 saturated heterocycles. The molecule has 0 spiro atoms. The molecule has 0 amide bonds. The van der Waals surface area contributed by atoms with Gasteiger partial charge in [-0.1, -0.05) is 84.9 Å². The van der Waals surface area contributed by atoms with Crippen molar-refractivity contribution < 1.29 is 35.9 Å². The fourth-order valence-electron chi connectivity index (χ4n) is 5.48. The van der Waals surface area contributed by atoms with Crippen molar-refractivity contribution in [2.75, 3.05) is 0 Å². The van der Waals surface area contributed by atoms with Crippen molar-refractivity contribution in [3.05, 3.63) is 135 Å². The summed E-state index contributed by atoms with van der Waals surface area (Å²) >= 11 is 2.12. The van der Waals surface area contributed by atoms with E-state index in [2.05, 4.69) is 0 Å². The average molecular weight is 681 g/mol. The summed E-state index contributed by atoms with van der Waals surface area (Å²) in [6, 6.07) is 27.2. The number of alkyl halides is 6. The predicted octanol–water partition coefficient (Wildman–Crippen LogP) is 11.3. The Morgan fingerprint density at radius 1 is 0.681 bits per heavy atom. The van der Waals surface area contributed by atoms with Crippen molar-refractivity contribution in [2.45, 2.75) is 38.2 Å². The molecule has 47 heavy (non-hydrogen) atoms. The maximum Gasteiger partial charge on any atom is 0.380 e. The molecular weight excluding hydrogens is 655 g/mol. The van der Waals surface area contributed by atoms with Crippen LogP contribution >= 0.6 is 22.7 Å². The Labute approximate surface area is 275 Å². The Hall–Kier alpha value is -4.41. The molecule has 10 heteroatoms. The Morgan fingerprint density at radius 3 is 1.66 bits per heavy atom. The molecule has 0 atom stereocenters. The molecule has 5 aromatic rings. The van der Waals surface area contributed by atoms with Crippen LogP contribution in [0.1, 0.15) is 32.0 Å². The van der Waals surface area contributed by atoms with Crippen molar-refractivity contribution in [2.24, 2.45) is 0 Å². The van der Waals surface area contributed by atoms with Gasteiger partial charge in [0.1, 0.15) is 6.61 Å². The van der Waals surface area contributed by atoms with Gasteiger partial charge in [0.25, 0.3) is 0 Å². The third-order valence-electron chi connectivity index (χ3n) is 7.93. The molecule has 1 aliphatic carbocycles. The quantitative estimate of drug-likeness (QED) is 0.0926. The highest BCUT2D eigenvalue weighted by molar-refractivity contribution is 7.16. The summed E-state index contributed by atoms with van der Waals surface area (Å²) in [5.74, 6) is -16.5. The molecule has 2 heterocycles. The van der Waals surface area contributed by atoms with Crippen LogP contribution < -0.4 is 0 Å². The van der Waals surface area contributed by atoms with Crippen molar-refractivity contribution in [3.8, 4) is 20.9 Å². The summed E-state index contributed by atoms with van der Waals surface area (Å²) < 4.78 is 97.6. The van der Waals surface area contributed by atoms with Gasteiger partial charge in [0.05, 0.1) is 0 Å². The second-order valence-corrected chi connectivity index (χ2v) is 13.6. The second kappa shape index (κ2) is 12.3. The van der Waals surface area contributed by atoms with Gasteiger partial charge in [-0.2, -0.15) is 26.3 Å². The molecule has 0 N–H and O–H groups in total. The SMILES string of the molecule is Cc1sc(-c2ccccc2)cc1C1=C(c2cc(-c3ccc(COC(=O)/C=C/c4ccccc4)cc3)sc2C)C(F)(F)C(F)(F)C1(F)F. The zero-order valence-electron chi connectivity index (χ0n) is 25.0. The number of carbonyl (C=O) groups excluding carboxylic acids is 1. The van der Waals surface area contributed by atoms with Crippen LogP contribution in [0.3, 0.4) is 0 Å². The Kier molecular flexibility index (Phi) is 8.52. The topological polar surface area (TPSA) is 26.3 Å². The van der Waals surface area contributed by atoms with E-state index in [-0.39, 0.29) is 27.5 Å². The molecular formula is C37H26F6O2S2. The number of benzene rings is 3. The van der Waals surface area contributed by atoms with Gasteiger partial charge in [0, 0.05) is 36.7 Å². The molecule has 3 aromatic carbocycles. The molecule has 1 aliphatic rings. The zero-order valence-corrected chi connectivity index (χ0v) is 26.6. The molecule has 0 saturated carbocycles. The fraction of sp³-hybridized carbons (Fsp3) is 0.162. The number of allylic oxidation sites excluding steroid dienone is 2. The van der Waals surface area contributed by atoms with E-state index in [9.17, 15) is 4.79 Å². The van der Waals surface area contributed by atoms with E-state index in [1.54, 1.807) is 60.7 Å². The predicted molar refractivity (Wildman–Crippen MR) is 176 cm³/mol. The van der Waals surface area contributed by atoms with Crippen LogP contribution in [0.25, 0.3) is 38.1 Å². The van der Waals surface area contributed by atoms with Gasteiger partial charge < -0.3 is 4.74 Å². The number of aryl methyl sites for hydroxylation is 2. The molecule has 2 nitrogen and oxygen atoms in total. The van der Waals surface area contributed by atoms with Crippen LogP contribution in [-0.4, -0.2) is 23.7 Å². The summed E-state index contributed by atoms with van der Waals surface area (Å²) in [5, 5.41) is 0. The summed E-state index contributed by atoms with van der Waals surface area (Å²) in [7, 11) is 0. The van der Waals surface area contributed by atoms with Gasteiger partial charge in [0.2, 0.25) is 0 Å². The van der Waals surface area contributed by atoms with Crippen molar-refractivity contribution in [3.63, 3.8) is 0 Å². The first-order valence-electron chi connectivity index (χ1n) is 14.5. The summed E-state index contributed by atoms with van der Waals surface area (Å²) in [4.78, 5) is 13.5. The van der Waals surface area contributed by atoms with Gasteiger partial charge in [-0.25, -0.2) is 4.79 Å². The van der Waals surface area contributed by atoms with E-state index in [1.165, 1.54) is 32.1 Å². The highest BCUT2D eigenvalue weighted by Crippen LogP contribution is 2.66. The van der Waals surface area contributed by atoms with Crippen LogP contribution in [-0.2, 0) is 16.1 Å². The normalized spacial score (nSPS) is 16.6. The lowest BCUT2D eigenvalue weighted by Crippen LogP contribution is -2.48. The first-order valence-corrected chi connectivity index (χ1v) is 16.1. The number of carbonyl (C=O) groups is 1. The lowest BCUT2D eigenvalue weighted by atomic mass is 9.94. The lowest BCUT2D eigenvalue weighted by Gasteiger charge is -2.25. The minimum atomic E-state index is -5.64. The highest BCUT2D eigenvalue weighted by atomic mass is 32.1. The number of rotatable bonds is 8. The maximum absolute atomic E-state index is 15.6. The summed E-state index contributed by atoms with van der Waals surface area (Å²) in [5.41, 5.74) is -0.681. The minimum absolute atomic E-state index is 0.0233. The maximum atomic E-state index is 15.6. The van der Waals surface area contributed by atoms with Crippen molar-refractivity contribution in [1.29, 1.82) is 0 Å². The number of hydrogen-bond acceptors (Lipinski definition) is 4. The van der Waals surface area contributed by atoms with E-state index in [4.69, 9.17) is 4.74 Å². The monoisotopic (exact) mass is 680 g/mol. The van der Waals surface area contributed by atoms with E-state index in [0.29, 0.717) is 26.4 Å². The van der Waals surface area contributed by atoms with Crippen LogP contribution in [0.4, 0.5) is 26.3 Å². The number of esters is 1. The molecule has 0 bridgehead atoms. The van der Waals surface area contributed by atoms with Gasteiger partial charge in [0.15, 0.2) is 0 Å². The van der Waals surface area contributed by atoms with Gasteiger partial charge in [-0.05, 0) is 65.4 Å². The number of ether oxygens (including phenoxy) is 1. The highest BCUT2D eigenvalue weighted by Gasteiger charge is 2.80. The van der Waals surface area contributed by atoms with Crippen LogP contribution in [0.15, 0.2) is 103 Å². The first-order chi connectivity index (χ1) is 22.3. The van der Waals surface area contributed by atoms with E-state index >= 15 is 26.3 Å². The largest absolute Gasteiger partial charge is 0.458 e. The summed E-state index contributed by atoms with van der Waals surface area (Å²) in [6.07, 6.45) is 2.94. The van der Waals surface area contributed by atoms with Crippen LogP contribution in [0.5, 0.6) is 0 Å². The van der Waals surface area contributed by atoms with E-state index in [1.807, 2.05) is 30.3 Å². The molecule has 0 fully saturated rings. The van der Waals surface area contributed by atoms with Crippen molar-refractivity contribution >= 4 is 45.9 Å². The van der Waals surface area contributed by atoms with Crippen molar-refractivity contribution in [1.82, 2.24) is 0 Å². The lowest BCUT2D eigenvalue weighted by molar-refractivity contribution is -0.254. The average Bonchev–Trinajstić information content (AvgIpc) is 3.66. The Bertz CT molecular complexity index is 1990. The van der Waals surface area contributed by atoms with E-state index in [0.717, 1.165) is 28.2 Å². The zero-order chi connectivity index (χ0) is 33.6. The van der Waals surface area contributed by atoms with Crippen LogP contribution in [0, 0.1) is 13.8 Å². The smallest absolute Gasteiger partial charge is 0.380 e. The summed E-state index contributed by atoms with van der Waals surface area (Å²) in [6.45, 7) is 2.89. The van der Waals surface area contributed by atoms with Crippen LogP contribution in [0.2, 0.25) is 0 Å². The number of hydrogen-bond donors (Lipinski definition) is 0. The number of halogens is 6. The third-order valence-corrected chi connectivity index (χ3v) is 10.1. The third kappa shape index (κ3) is 5.85. The molecule has 2 aromatic heterocycles. The van der Waals surface area contributed by atoms with Gasteiger partial charge in [-0.3, -0.25) is 0 Å². The fourth-order valence-corrected chi connectivity index (χ4v) is 7.54. The van der Waals surface area contributed by atoms with E-state index < -0.39 is 34.9 Å². The minimum Gasteiger partial charge on any atom is -0.458 e. The van der Waals surface area contributed by atoms with Gasteiger partial charge in [-0.15, -0.1) is 22.7 Å². The molecule has 0 radical (unpaired) electrons.